The summed E-state index contributed by atoms with van der Waals surface area (Å²) in [5.74, 6) is 4.12. The fourth-order valence-corrected chi connectivity index (χ4v) is 3.67. The zero-order valence-corrected chi connectivity index (χ0v) is 16.2. The molecule has 0 aromatic heterocycles. The fraction of sp³-hybridized carbons (Fsp3) is 0.632. The van der Waals surface area contributed by atoms with E-state index in [4.69, 9.17) is 0 Å². The highest BCUT2D eigenvalue weighted by atomic mass is 32.2. The molecule has 0 amide bonds. The summed E-state index contributed by atoms with van der Waals surface area (Å²) in [6.45, 7) is 8.63. The molecule has 1 saturated heterocycles. The molecule has 0 spiro atoms. The Hall–Kier alpha value is -1.36. The number of thioether (sulfide) groups is 1. The van der Waals surface area contributed by atoms with Crippen LogP contribution in [0.15, 0.2) is 29.3 Å². The van der Waals surface area contributed by atoms with E-state index in [-0.39, 0.29) is 0 Å². The first-order valence-corrected chi connectivity index (χ1v) is 10.2. The first-order chi connectivity index (χ1) is 11.7. The summed E-state index contributed by atoms with van der Waals surface area (Å²) in [5.41, 5.74) is 2.63. The number of anilines is 1. The van der Waals surface area contributed by atoms with Gasteiger partial charge in [0.05, 0.1) is 0 Å². The minimum Gasteiger partial charge on any atom is -0.370 e. The molecule has 1 heterocycles. The first kappa shape index (κ1) is 19.0. The quantitative estimate of drug-likeness (QED) is 0.450. The van der Waals surface area contributed by atoms with Crippen molar-refractivity contribution in [3.05, 3.63) is 29.8 Å². The van der Waals surface area contributed by atoms with Gasteiger partial charge in [0, 0.05) is 50.4 Å². The lowest BCUT2D eigenvalue weighted by molar-refractivity contribution is 0.549. The van der Waals surface area contributed by atoms with Gasteiger partial charge in [0.25, 0.3) is 0 Å². The smallest absolute Gasteiger partial charge is 0.191 e. The third kappa shape index (κ3) is 6.63. The molecule has 0 aliphatic carbocycles. The minimum atomic E-state index is 0.763. The number of rotatable bonds is 7. The van der Waals surface area contributed by atoms with Crippen LogP contribution in [0.4, 0.5) is 5.69 Å². The number of nitrogens with zero attached hydrogens (tertiary/aromatic N) is 2. The van der Waals surface area contributed by atoms with Crippen LogP contribution in [0.25, 0.3) is 0 Å². The number of benzene rings is 1. The Morgan fingerprint density at radius 3 is 2.50 bits per heavy atom. The molecule has 0 saturated carbocycles. The van der Waals surface area contributed by atoms with E-state index in [0.717, 1.165) is 38.1 Å². The summed E-state index contributed by atoms with van der Waals surface area (Å²) in [6, 6.07) is 8.92. The Kier molecular flexibility index (Phi) is 8.29. The van der Waals surface area contributed by atoms with Crippen LogP contribution in [0.3, 0.4) is 0 Å². The lowest BCUT2D eigenvalue weighted by atomic mass is 10.1. The summed E-state index contributed by atoms with van der Waals surface area (Å²) in [6.07, 6.45) is 2.43. The van der Waals surface area contributed by atoms with E-state index in [1.165, 1.54) is 35.6 Å². The van der Waals surface area contributed by atoms with Crippen LogP contribution in [-0.2, 0) is 6.54 Å². The molecule has 1 aliphatic rings. The van der Waals surface area contributed by atoms with E-state index in [1.807, 2.05) is 18.8 Å². The van der Waals surface area contributed by atoms with E-state index in [2.05, 4.69) is 58.6 Å². The molecule has 0 bridgehead atoms. The molecule has 0 radical (unpaired) electrons. The van der Waals surface area contributed by atoms with E-state index < -0.39 is 0 Å². The van der Waals surface area contributed by atoms with Crippen molar-refractivity contribution in [3.63, 3.8) is 0 Å². The summed E-state index contributed by atoms with van der Waals surface area (Å²) < 4.78 is 0. The molecule has 1 aromatic carbocycles. The Balaban J connectivity index is 1.74. The van der Waals surface area contributed by atoms with Crippen molar-refractivity contribution in [2.24, 2.45) is 10.9 Å². The SMILES string of the molecule is CN=C(NCCCC(C)C)NCc1ccc(N2CCSCC2)cc1. The average molecular weight is 349 g/mol. The molecule has 134 valence electrons. The highest BCUT2D eigenvalue weighted by Crippen LogP contribution is 2.19. The van der Waals surface area contributed by atoms with E-state index in [1.54, 1.807) is 0 Å². The number of guanidine groups is 1. The van der Waals surface area contributed by atoms with Gasteiger partial charge in [0.2, 0.25) is 0 Å². The van der Waals surface area contributed by atoms with Gasteiger partial charge in [-0.15, -0.1) is 0 Å². The standard InChI is InChI=1S/C19H32N4S/c1-16(2)5-4-10-21-19(20-3)22-15-17-6-8-18(9-7-17)23-11-13-24-14-12-23/h6-9,16H,4-5,10-15H2,1-3H3,(H2,20,21,22). The second-order valence-corrected chi connectivity index (χ2v) is 7.88. The lowest BCUT2D eigenvalue weighted by Gasteiger charge is -2.28. The van der Waals surface area contributed by atoms with Crippen LogP contribution in [0.1, 0.15) is 32.3 Å². The second-order valence-electron chi connectivity index (χ2n) is 6.65. The normalized spacial score (nSPS) is 15.7. The molecular formula is C19H32N4S. The number of hydrogen-bond donors (Lipinski definition) is 2. The van der Waals surface area contributed by atoms with Crippen LogP contribution in [-0.4, -0.2) is 44.1 Å². The highest BCUT2D eigenvalue weighted by Gasteiger charge is 2.10. The van der Waals surface area contributed by atoms with Gasteiger partial charge in [-0.2, -0.15) is 11.8 Å². The zero-order chi connectivity index (χ0) is 17.2. The van der Waals surface area contributed by atoms with Gasteiger partial charge in [-0.25, -0.2) is 0 Å². The topological polar surface area (TPSA) is 39.7 Å². The van der Waals surface area contributed by atoms with E-state index >= 15 is 0 Å². The largest absolute Gasteiger partial charge is 0.370 e. The van der Waals surface area contributed by atoms with Gasteiger partial charge < -0.3 is 15.5 Å². The summed E-state index contributed by atoms with van der Waals surface area (Å²) in [4.78, 5) is 6.77. The van der Waals surface area contributed by atoms with Crippen molar-refractivity contribution in [2.45, 2.75) is 33.2 Å². The maximum atomic E-state index is 4.29. The van der Waals surface area contributed by atoms with Crippen LogP contribution in [0.5, 0.6) is 0 Å². The Labute approximate surface area is 151 Å². The van der Waals surface area contributed by atoms with Gasteiger partial charge in [-0.05, 0) is 36.5 Å². The lowest BCUT2D eigenvalue weighted by Crippen LogP contribution is -2.37. The Morgan fingerprint density at radius 1 is 1.17 bits per heavy atom. The first-order valence-electron chi connectivity index (χ1n) is 9.05. The fourth-order valence-electron chi connectivity index (χ4n) is 2.77. The van der Waals surface area contributed by atoms with Gasteiger partial charge in [0.15, 0.2) is 5.96 Å². The van der Waals surface area contributed by atoms with Crippen LogP contribution in [0.2, 0.25) is 0 Å². The van der Waals surface area contributed by atoms with Crippen molar-refractivity contribution in [3.8, 4) is 0 Å². The third-order valence-electron chi connectivity index (χ3n) is 4.25. The van der Waals surface area contributed by atoms with Gasteiger partial charge in [-0.3, -0.25) is 4.99 Å². The molecule has 5 heteroatoms. The minimum absolute atomic E-state index is 0.763. The van der Waals surface area contributed by atoms with Crippen molar-refractivity contribution in [1.82, 2.24) is 10.6 Å². The molecule has 1 aromatic rings. The van der Waals surface area contributed by atoms with Crippen LogP contribution in [0, 0.1) is 5.92 Å². The zero-order valence-electron chi connectivity index (χ0n) is 15.3. The molecule has 0 atom stereocenters. The van der Waals surface area contributed by atoms with Gasteiger partial charge >= 0.3 is 0 Å². The summed E-state index contributed by atoms with van der Waals surface area (Å²) >= 11 is 2.05. The van der Waals surface area contributed by atoms with Gasteiger partial charge in [0.1, 0.15) is 0 Å². The van der Waals surface area contributed by atoms with E-state index in [0.29, 0.717) is 0 Å². The third-order valence-corrected chi connectivity index (χ3v) is 5.19. The predicted octanol–water partition coefficient (Wildman–Crippen LogP) is 3.34. The number of nitrogens with one attached hydrogen (secondary N) is 2. The predicted molar refractivity (Wildman–Crippen MR) is 108 cm³/mol. The van der Waals surface area contributed by atoms with Crippen molar-refractivity contribution in [1.29, 1.82) is 0 Å². The van der Waals surface area contributed by atoms with Crippen molar-refractivity contribution in [2.75, 3.05) is 43.1 Å². The number of aliphatic imine (C=N–C) groups is 1. The monoisotopic (exact) mass is 348 g/mol. The molecule has 24 heavy (non-hydrogen) atoms. The summed E-state index contributed by atoms with van der Waals surface area (Å²) in [7, 11) is 1.83. The molecule has 0 unspecified atom stereocenters. The molecule has 4 nitrogen and oxygen atoms in total. The molecular weight excluding hydrogens is 316 g/mol. The van der Waals surface area contributed by atoms with Crippen LogP contribution < -0.4 is 15.5 Å². The highest BCUT2D eigenvalue weighted by molar-refractivity contribution is 7.99. The van der Waals surface area contributed by atoms with Crippen LogP contribution >= 0.6 is 11.8 Å². The molecule has 1 fully saturated rings. The molecule has 2 N–H and O–H groups in total. The molecule has 1 aliphatic heterocycles. The molecule has 2 rings (SSSR count). The number of hydrogen-bond acceptors (Lipinski definition) is 3. The average Bonchev–Trinajstić information content (AvgIpc) is 2.62. The Bertz CT molecular complexity index is 493. The maximum Gasteiger partial charge on any atom is 0.191 e. The Morgan fingerprint density at radius 2 is 1.88 bits per heavy atom. The van der Waals surface area contributed by atoms with Gasteiger partial charge in [-0.1, -0.05) is 26.0 Å². The second kappa shape index (κ2) is 10.5. The summed E-state index contributed by atoms with van der Waals surface area (Å²) in [5, 5.41) is 6.78. The van der Waals surface area contributed by atoms with Crippen molar-refractivity contribution < 1.29 is 0 Å². The van der Waals surface area contributed by atoms with Crippen molar-refractivity contribution >= 4 is 23.4 Å². The maximum absolute atomic E-state index is 4.29. The van der Waals surface area contributed by atoms with E-state index in [9.17, 15) is 0 Å².